The van der Waals surface area contributed by atoms with Crippen LogP contribution in [0.3, 0.4) is 0 Å². The second-order valence-electron chi connectivity index (χ2n) is 7.79. The number of rotatable bonds is 3. The Hall–Kier alpha value is -2.14. The Morgan fingerprint density at radius 3 is 2.15 bits per heavy atom. The number of carbonyl (C=O) groups excluding carboxylic acids is 1. The van der Waals surface area contributed by atoms with Gasteiger partial charge < -0.3 is 14.5 Å². The highest BCUT2D eigenvalue weighted by atomic mass is 32.2. The average Bonchev–Trinajstić information content (AvgIpc) is 2.63. The van der Waals surface area contributed by atoms with E-state index in [1.54, 1.807) is 16.7 Å². The quantitative estimate of drug-likeness (QED) is 0.728. The molecule has 4 nitrogen and oxygen atoms in total. The maximum atomic E-state index is 12.3. The summed E-state index contributed by atoms with van der Waals surface area (Å²) >= 11 is 1.80. The first-order chi connectivity index (χ1) is 12.8. The fourth-order valence-electron chi connectivity index (χ4n) is 3.05. The van der Waals surface area contributed by atoms with E-state index in [9.17, 15) is 4.79 Å². The minimum atomic E-state index is -0.453. The van der Waals surface area contributed by atoms with Crippen molar-refractivity contribution in [2.24, 2.45) is 0 Å². The summed E-state index contributed by atoms with van der Waals surface area (Å²) in [5.74, 6) is 0. The van der Waals surface area contributed by atoms with Crippen molar-refractivity contribution in [1.29, 1.82) is 0 Å². The first kappa shape index (κ1) is 19.6. The Labute approximate surface area is 166 Å². The molecular weight excluding hydrogens is 356 g/mol. The Balaban J connectivity index is 1.68. The number of aryl methyl sites for hydroxylation is 1. The van der Waals surface area contributed by atoms with Crippen LogP contribution >= 0.6 is 11.8 Å². The molecule has 1 amide bonds. The van der Waals surface area contributed by atoms with E-state index in [-0.39, 0.29) is 6.09 Å². The number of hydrogen-bond donors (Lipinski definition) is 0. The van der Waals surface area contributed by atoms with Crippen molar-refractivity contribution in [2.75, 3.05) is 31.1 Å². The highest BCUT2D eigenvalue weighted by molar-refractivity contribution is 7.99. The number of anilines is 1. The molecule has 1 saturated heterocycles. The van der Waals surface area contributed by atoms with Crippen LogP contribution in [-0.2, 0) is 4.74 Å². The van der Waals surface area contributed by atoms with Gasteiger partial charge in [0.1, 0.15) is 5.60 Å². The van der Waals surface area contributed by atoms with Crippen LogP contribution in [0.4, 0.5) is 10.5 Å². The van der Waals surface area contributed by atoms with Crippen LogP contribution in [0, 0.1) is 6.92 Å². The van der Waals surface area contributed by atoms with Gasteiger partial charge in [-0.3, -0.25) is 0 Å². The van der Waals surface area contributed by atoms with Gasteiger partial charge in [0.05, 0.1) is 5.69 Å². The largest absolute Gasteiger partial charge is 0.444 e. The molecule has 27 heavy (non-hydrogen) atoms. The van der Waals surface area contributed by atoms with Gasteiger partial charge in [-0.2, -0.15) is 0 Å². The fraction of sp³-hybridized carbons (Fsp3) is 0.409. The zero-order valence-electron chi connectivity index (χ0n) is 16.6. The molecule has 0 saturated carbocycles. The summed E-state index contributed by atoms with van der Waals surface area (Å²) in [5.41, 5.74) is 2.06. The SMILES string of the molecule is Cc1ccccc1Sc1ccccc1N1CCN(C(=O)OC(C)(C)C)CC1. The number of amides is 1. The van der Waals surface area contributed by atoms with Gasteiger partial charge in [0, 0.05) is 36.0 Å². The maximum absolute atomic E-state index is 12.3. The molecule has 1 heterocycles. The minimum absolute atomic E-state index is 0.218. The molecule has 1 aliphatic heterocycles. The number of carbonyl (C=O) groups is 1. The van der Waals surface area contributed by atoms with Crippen LogP contribution in [0.2, 0.25) is 0 Å². The monoisotopic (exact) mass is 384 g/mol. The Morgan fingerprint density at radius 1 is 0.926 bits per heavy atom. The Bertz CT molecular complexity index is 793. The van der Waals surface area contributed by atoms with Gasteiger partial charge in [0.15, 0.2) is 0 Å². The zero-order valence-corrected chi connectivity index (χ0v) is 17.4. The summed E-state index contributed by atoms with van der Waals surface area (Å²) in [5, 5.41) is 0. The van der Waals surface area contributed by atoms with Gasteiger partial charge in [-0.25, -0.2) is 4.79 Å². The first-order valence-corrected chi connectivity index (χ1v) is 10.2. The predicted molar refractivity (Wildman–Crippen MR) is 112 cm³/mol. The maximum Gasteiger partial charge on any atom is 0.410 e. The van der Waals surface area contributed by atoms with Gasteiger partial charge in [-0.1, -0.05) is 42.1 Å². The van der Waals surface area contributed by atoms with Gasteiger partial charge in [-0.15, -0.1) is 0 Å². The summed E-state index contributed by atoms with van der Waals surface area (Å²) in [4.78, 5) is 19.0. The fourth-order valence-corrected chi connectivity index (χ4v) is 4.11. The lowest BCUT2D eigenvalue weighted by molar-refractivity contribution is 0.0240. The van der Waals surface area contributed by atoms with E-state index in [0.717, 1.165) is 13.1 Å². The molecule has 144 valence electrons. The third-order valence-corrected chi connectivity index (χ3v) is 5.69. The molecule has 0 atom stereocenters. The second kappa shape index (κ2) is 8.26. The van der Waals surface area contributed by atoms with Gasteiger partial charge >= 0.3 is 6.09 Å². The molecule has 0 spiro atoms. The lowest BCUT2D eigenvalue weighted by Crippen LogP contribution is -2.50. The number of para-hydroxylation sites is 1. The molecule has 0 aliphatic carbocycles. The molecule has 0 unspecified atom stereocenters. The summed E-state index contributed by atoms with van der Waals surface area (Å²) in [6.07, 6.45) is -0.218. The van der Waals surface area contributed by atoms with Gasteiger partial charge in [0.25, 0.3) is 0 Å². The summed E-state index contributed by atoms with van der Waals surface area (Å²) in [6, 6.07) is 17.0. The van der Waals surface area contributed by atoms with Crippen molar-refractivity contribution < 1.29 is 9.53 Å². The van der Waals surface area contributed by atoms with E-state index in [1.165, 1.54) is 21.0 Å². The van der Waals surface area contributed by atoms with Crippen LogP contribution in [0.5, 0.6) is 0 Å². The molecule has 1 fully saturated rings. The third-order valence-electron chi connectivity index (χ3n) is 4.45. The van der Waals surface area contributed by atoms with Gasteiger partial charge in [-0.05, 0) is 51.5 Å². The van der Waals surface area contributed by atoms with Crippen molar-refractivity contribution >= 4 is 23.5 Å². The number of piperazine rings is 1. The molecule has 0 radical (unpaired) electrons. The second-order valence-corrected chi connectivity index (χ2v) is 8.87. The van der Waals surface area contributed by atoms with Crippen molar-refractivity contribution in [3.63, 3.8) is 0 Å². The molecule has 5 heteroatoms. The molecule has 3 rings (SSSR count). The minimum Gasteiger partial charge on any atom is -0.444 e. The van der Waals surface area contributed by atoms with Crippen LogP contribution in [0.25, 0.3) is 0 Å². The van der Waals surface area contributed by atoms with E-state index < -0.39 is 5.60 Å². The van der Waals surface area contributed by atoms with E-state index in [4.69, 9.17) is 4.74 Å². The highest BCUT2D eigenvalue weighted by Gasteiger charge is 2.26. The highest BCUT2D eigenvalue weighted by Crippen LogP contribution is 2.37. The summed E-state index contributed by atoms with van der Waals surface area (Å²) in [6.45, 7) is 10.8. The molecule has 2 aromatic rings. The van der Waals surface area contributed by atoms with Crippen LogP contribution in [0.1, 0.15) is 26.3 Å². The number of benzene rings is 2. The first-order valence-electron chi connectivity index (χ1n) is 9.39. The normalized spacial score (nSPS) is 15.0. The zero-order chi connectivity index (χ0) is 19.4. The Kier molecular flexibility index (Phi) is 6.00. The summed E-state index contributed by atoms with van der Waals surface area (Å²) < 4.78 is 5.50. The van der Waals surface area contributed by atoms with Crippen LogP contribution in [0.15, 0.2) is 58.3 Å². The number of hydrogen-bond acceptors (Lipinski definition) is 4. The van der Waals surface area contributed by atoms with Crippen LogP contribution in [-0.4, -0.2) is 42.8 Å². The number of nitrogens with zero attached hydrogens (tertiary/aromatic N) is 2. The molecular formula is C22H28N2O2S. The Morgan fingerprint density at radius 2 is 1.52 bits per heavy atom. The lowest BCUT2D eigenvalue weighted by atomic mass is 10.2. The third kappa shape index (κ3) is 5.19. The smallest absolute Gasteiger partial charge is 0.410 e. The van der Waals surface area contributed by atoms with E-state index in [1.807, 2.05) is 20.8 Å². The molecule has 2 aromatic carbocycles. The van der Waals surface area contributed by atoms with Crippen LogP contribution < -0.4 is 4.90 Å². The summed E-state index contributed by atoms with van der Waals surface area (Å²) in [7, 11) is 0. The molecule has 0 bridgehead atoms. The van der Waals surface area contributed by atoms with Crippen molar-refractivity contribution in [3.8, 4) is 0 Å². The van der Waals surface area contributed by atoms with Crippen molar-refractivity contribution in [2.45, 2.75) is 43.1 Å². The molecule has 1 aliphatic rings. The van der Waals surface area contributed by atoms with Gasteiger partial charge in [0.2, 0.25) is 0 Å². The average molecular weight is 385 g/mol. The topological polar surface area (TPSA) is 32.8 Å². The van der Waals surface area contributed by atoms with Crippen molar-refractivity contribution in [3.05, 3.63) is 54.1 Å². The standard InChI is InChI=1S/C22H28N2O2S/c1-17-9-5-7-11-19(17)27-20-12-8-6-10-18(20)23-13-15-24(16-14-23)21(25)26-22(2,3)4/h5-12H,13-16H2,1-4H3. The lowest BCUT2D eigenvalue weighted by Gasteiger charge is -2.37. The van der Waals surface area contributed by atoms with E-state index >= 15 is 0 Å². The number of ether oxygens (including phenoxy) is 1. The molecule has 0 N–H and O–H groups in total. The van der Waals surface area contributed by atoms with E-state index in [0.29, 0.717) is 13.1 Å². The molecule has 0 aromatic heterocycles. The predicted octanol–water partition coefficient (Wildman–Crippen LogP) is 5.20. The van der Waals surface area contributed by atoms with Crippen molar-refractivity contribution in [1.82, 2.24) is 4.90 Å². The van der Waals surface area contributed by atoms with E-state index in [2.05, 4.69) is 60.4 Å².